The van der Waals surface area contributed by atoms with Crippen molar-refractivity contribution in [1.82, 2.24) is 3.97 Å². The summed E-state index contributed by atoms with van der Waals surface area (Å²) >= 11 is 0. The van der Waals surface area contributed by atoms with E-state index < -0.39 is 10.0 Å². The van der Waals surface area contributed by atoms with Gasteiger partial charge in [0.05, 0.1) is 5.25 Å². The van der Waals surface area contributed by atoms with Crippen molar-refractivity contribution < 1.29 is 8.42 Å². The van der Waals surface area contributed by atoms with Gasteiger partial charge >= 0.3 is 0 Å². The molecule has 0 spiro atoms. The predicted octanol–water partition coefficient (Wildman–Crippen LogP) is 1.14. The minimum absolute atomic E-state index is 0.121. The van der Waals surface area contributed by atoms with Gasteiger partial charge in [0.1, 0.15) is 0 Å². The van der Waals surface area contributed by atoms with Crippen molar-refractivity contribution >= 4 is 10.0 Å². The van der Waals surface area contributed by atoms with Gasteiger partial charge in [-0.15, -0.1) is 0 Å². The van der Waals surface area contributed by atoms with Crippen LogP contribution in [-0.4, -0.2) is 17.6 Å². The summed E-state index contributed by atoms with van der Waals surface area (Å²) in [5.74, 6) is 0. The van der Waals surface area contributed by atoms with Crippen molar-refractivity contribution in [2.24, 2.45) is 0 Å². The summed E-state index contributed by atoms with van der Waals surface area (Å²) < 4.78 is 24.5. The van der Waals surface area contributed by atoms with Gasteiger partial charge in [-0.3, -0.25) is 3.97 Å². The van der Waals surface area contributed by atoms with Gasteiger partial charge in [-0.1, -0.05) is 0 Å². The molecule has 0 aliphatic heterocycles. The molecule has 0 saturated heterocycles. The zero-order valence-electron chi connectivity index (χ0n) is 6.90. The minimum Gasteiger partial charge on any atom is -0.252 e. The highest BCUT2D eigenvalue weighted by molar-refractivity contribution is 7.90. The Labute approximate surface area is 72.1 Å². The average Bonchev–Trinajstić information content (AvgIpc) is 2.75. The largest absolute Gasteiger partial charge is 0.252 e. The number of rotatable bonds is 2. The third kappa shape index (κ3) is 1.16. The van der Waals surface area contributed by atoms with E-state index in [1.54, 1.807) is 18.5 Å². The average molecular weight is 185 g/mol. The summed E-state index contributed by atoms with van der Waals surface area (Å²) in [4.78, 5) is 0. The maximum Gasteiger partial charge on any atom is 0.241 e. The molecule has 0 amide bonds. The third-order valence-corrected chi connectivity index (χ3v) is 4.18. The lowest BCUT2D eigenvalue weighted by molar-refractivity contribution is 0.586. The first-order valence-electron chi connectivity index (χ1n) is 4.00. The molecule has 1 aromatic rings. The monoisotopic (exact) mass is 185 g/mol. The van der Waals surface area contributed by atoms with Gasteiger partial charge in [-0.05, 0) is 31.4 Å². The second kappa shape index (κ2) is 2.36. The second-order valence-electron chi connectivity index (χ2n) is 3.26. The summed E-state index contributed by atoms with van der Waals surface area (Å²) in [6.07, 6.45) is 4.91. The highest BCUT2D eigenvalue weighted by Gasteiger charge is 2.36. The fraction of sp³-hybridized carbons (Fsp3) is 0.500. The van der Waals surface area contributed by atoms with E-state index in [2.05, 4.69) is 0 Å². The van der Waals surface area contributed by atoms with Gasteiger partial charge in [0, 0.05) is 12.4 Å². The van der Waals surface area contributed by atoms with Crippen molar-refractivity contribution in [2.75, 3.05) is 0 Å². The summed E-state index contributed by atoms with van der Waals surface area (Å²) in [5, 5.41) is -0.121. The molecule has 1 aliphatic rings. The minimum atomic E-state index is -3.03. The van der Waals surface area contributed by atoms with E-state index in [0.29, 0.717) is 0 Å². The zero-order chi connectivity index (χ0) is 8.77. The molecule has 1 aromatic heterocycles. The third-order valence-electron chi connectivity index (χ3n) is 2.05. The SMILES string of the molecule is Cc1ccn(S(=O)(=O)C2CC2)c1. The Hall–Kier alpha value is -0.770. The lowest BCUT2D eigenvalue weighted by Crippen LogP contribution is -2.15. The molecule has 0 atom stereocenters. The molecule has 12 heavy (non-hydrogen) atoms. The molecule has 0 bridgehead atoms. The molecule has 1 heterocycles. The van der Waals surface area contributed by atoms with Gasteiger partial charge in [-0.2, -0.15) is 0 Å². The molecule has 2 rings (SSSR count). The molecule has 1 saturated carbocycles. The standard InChI is InChI=1S/C8H11NO2S/c1-7-4-5-9(6-7)12(10,11)8-2-3-8/h4-6,8H,2-3H2,1H3. The summed E-state index contributed by atoms with van der Waals surface area (Å²) in [7, 11) is -3.03. The van der Waals surface area contributed by atoms with Gasteiger partial charge < -0.3 is 0 Å². The van der Waals surface area contributed by atoms with Gasteiger partial charge in [-0.25, -0.2) is 8.42 Å². The van der Waals surface area contributed by atoms with Crippen molar-refractivity contribution in [3.05, 3.63) is 24.0 Å². The summed E-state index contributed by atoms with van der Waals surface area (Å²) in [5.41, 5.74) is 0.985. The zero-order valence-corrected chi connectivity index (χ0v) is 7.71. The molecule has 4 heteroatoms. The van der Waals surface area contributed by atoms with E-state index in [1.165, 1.54) is 3.97 Å². The van der Waals surface area contributed by atoms with Crippen LogP contribution in [0.2, 0.25) is 0 Å². The molecule has 1 aliphatic carbocycles. The number of aromatic nitrogens is 1. The van der Waals surface area contributed by atoms with Crippen LogP contribution in [0.5, 0.6) is 0 Å². The Balaban J connectivity index is 2.41. The molecule has 0 unspecified atom stereocenters. The predicted molar refractivity (Wildman–Crippen MR) is 46.5 cm³/mol. The fourth-order valence-electron chi connectivity index (χ4n) is 1.17. The van der Waals surface area contributed by atoms with Gasteiger partial charge in [0.25, 0.3) is 0 Å². The molecule has 1 fully saturated rings. The Morgan fingerprint density at radius 2 is 2.17 bits per heavy atom. The Bertz CT molecular complexity index is 387. The number of hydrogen-bond donors (Lipinski definition) is 0. The fourth-order valence-corrected chi connectivity index (χ4v) is 2.79. The Kier molecular flexibility index (Phi) is 1.54. The smallest absolute Gasteiger partial charge is 0.241 e. The van der Waals surface area contributed by atoms with E-state index >= 15 is 0 Å². The van der Waals surface area contributed by atoms with Crippen LogP contribution in [0, 0.1) is 6.92 Å². The van der Waals surface area contributed by atoms with Crippen LogP contribution >= 0.6 is 0 Å². The van der Waals surface area contributed by atoms with Crippen LogP contribution in [-0.2, 0) is 10.0 Å². The van der Waals surface area contributed by atoms with Crippen molar-refractivity contribution in [3.8, 4) is 0 Å². The number of nitrogens with zero attached hydrogens (tertiary/aromatic N) is 1. The molecule has 3 nitrogen and oxygen atoms in total. The van der Waals surface area contributed by atoms with Crippen LogP contribution in [0.1, 0.15) is 18.4 Å². The molecular weight excluding hydrogens is 174 g/mol. The van der Waals surface area contributed by atoms with Gasteiger partial charge in [0.15, 0.2) is 0 Å². The van der Waals surface area contributed by atoms with Crippen LogP contribution in [0.25, 0.3) is 0 Å². The maximum absolute atomic E-state index is 11.6. The first-order chi connectivity index (χ1) is 5.60. The molecule has 0 aromatic carbocycles. The first-order valence-corrected chi connectivity index (χ1v) is 5.50. The lowest BCUT2D eigenvalue weighted by Gasteiger charge is -2.01. The normalized spacial score (nSPS) is 18.1. The number of hydrogen-bond acceptors (Lipinski definition) is 2. The topological polar surface area (TPSA) is 39.1 Å². The highest BCUT2D eigenvalue weighted by Crippen LogP contribution is 2.29. The molecule has 66 valence electrons. The quantitative estimate of drug-likeness (QED) is 0.693. The maximum atomic E-state index is 11.6. The van der Waals surface area contributed by atoms with Crippen LogP contribution in [0.4, 0.5) is 0 Å². The van der Waals surface area contributed by atoms with E-state index in [4.69, 9.17) is 0 Å². The van der Waals surface area contributed by atoms with Crippen LogP contribution < -0.4 is 0 Å². The van der Waals surface area contributed by atoms with Crippen LogP contribution in [0.15, 0.2) is 18.5 Å². The lowest BCUT2D eigenvalue weighted by atomic mass is 10.4. The highest BCUT2D eigenvalue weighted by atomic mass is 32.2. The Morgan fingerprint density at radius 1 is 1.50 bits per heavy atom. The van der Waals surface area contributed by atoms with Crippen molar-refractivity contribution in [3.63, 3.8) is 0 Å². The molecule has 0 N–H and O–H groups in total. The molecule has 0 radical (unpaired) electrons. The van der Waals surface area contributed by atoms with Gasteiger partial charge in [0.2, 0.25) is 10.0 Å². The summed E-state index contributed by atoms with van der Waals surface area (Å²) in [6.45, 7) is 1.89. The van der Waals surface area contributed by atoms with Crippen molar-refractivity contribution in [1.29, 1.82) is 0 Å². The van der Waals surface area contributed by atoms with E-state index in [-0.39, 0.29) is 5.25 Å². The van der Waals surface area contributed by atoms with E-state index in [9.17, 15) is 8.42 Å². The van der Waals surface area contributed by atoms with Crippen LogP contribution in [0.3, 0.4) is 0 Å². The second-order valence-corrected chi connectivity index (χ2v) is 5.38. The first kappa shape index (κ1) is 7.86. The van der Waals surface area contributed by atoms with E-state index in [0.717, 1.165) is 18.4 Å². The van der Waals surface area contributed by atoms with Crippen molar-refractivity contribution in [2.45, 2.75) is 25.0 Å². The molecular formula is C8H11NO2S. The van der Waals surface area contributed by atoms with E-state index in [1.807, 2.05) is 6.92 Å². The summed E-state index contributed by atoms with van der Waals surface area (Å²) in [6, 6.07) is 1.81. The number of aryl methyl sites for hydroxylation is 1. The Morgan fingerprint density at radius 3 is 2.58 bits per heavy atom.